The Morgan fingerprint density at radius 2 is 2.35 bits per heavy atom. The van der Waals surface area contributed by atoms with Crippen LogP contribution < -0.4 is 11.1 Å². The molecule has 3 aromatic rings. The molecule has 20 heavy (non-hydrogen) atoms. The highest BCUT2D eigenvalue weighted by Crippen LogP contribution is 2.21. The summed E-state index contributed by atoms with van der Waals surface area (Å²) in [6, 6.07) is 8.17. The minimum absolute atomic E-state index is 0.324. The van der Waals surface area contributed by atoms with Gasteiger partial charge in [-0.05, 0) is 30.7 Å². The fourth-order valence-electron chi connectivity index (χ4n) is 2.16. The molecule has 0 aliphatic heterocycles. The first-order valence-corrected chi connectivity index (χ1v) is 6.57. The van der Waals surface area contributed by atoms with Gasteiger partial charge in [-0.3, -0.25) is 4.68 Å². The minimum atomic E-state index is 0.324. The van der Waals surface area contributed by atoms with Crippen molar-refractivity contribution in [1.82, 2.24) is 20.3 Å². The molecule has 0 saturated carbocycles. The van der Waals surface area contributed by atoms with Gasteiger partial charge in [0.25, 0.3) is 0 Å². The van der Waals surface area contributed by atoms with E-state index < -0.39 is 0 Å². The number of nitrogen functional groups attached to an aromatic ring is 1. The standard InChI is InChI=1S/C14H17N5O/c1-10(9-19-6-2-5-17-19)16-8-11-3-4-13-12(7-11)14(15)18-20-13/h2-7,10,16H,8-9H2,1H3,(H2,15,18). The third-order valence-electron chi connectivity index (χ3n) is 3.24. The Hall–Kier alpha value is -2.34. The van der Waals surface area contributed by atoms with Crippen LogP contribution in [0.5, 0.6) is 0 Å². The number of hydrogen-bond acceptors (Lipinski definition) is 5. The van der Waals surface area contributed by atoms with Crippen molar-refractivity contribution >= 4 is 16.8 Å². The summed E-state index contributed by atoms with van der Waals surface area (Å²) < 4.78 is 7.01. The molecule has 0 fully saturated rings. The Balaban J connectivity index is 1.63. The maximum atomic E-state index is 5.75. The van der Waals surface area contributed by atoms with Crippen LogP contribution in [0.4, 0.5) is 5.82 Å². The van der Waals surface area contributed by atoms with Gasteiger partial charge in [-0.2, -0.15) is 5.10 Å². The van der Waals surface area contributed by atoms with E-state index in [1.807, 2.05) is 35.1 Å². The molecule has 0 bridgehead atoms. The Kier molecular flexibility index (Phi) is 3.39. The summed E-state index contributed by atoms with van der Waals surface area (Å²) >= 11 is 0. The maximum Gasteiger partial charge on any atom is 0.174 e. The summed E-state index contributed by atoms with van der Waals surface area (Å²) in [5, 5.41) is 12.3. The Morgan fingerprint density at radius 1 is 1.45 bits per heavy atom. The quantitative estimate of drug-likeness (QED) is 0.739. The monoisotopic (exact) mass is 271 g/mol. The van der Waals surface area contributed by atoms with Crippen LogP contribution in [0.3, 0.4) is 0 Å². The largest absolute Gasteiger partial charge is 0.380 e. The molecule has 2 heterocycles. The van der Waals surface area contributed by atoms with Gasteiger partial charge in [-0.1, -0.05) is 11.2 Å². The first-order chi connectivity index (χ1) is 9.72. The minimum Gasteiger partial charge on any atom is -0.380 e. The molecule has 0 amide bonds. The van der Waals surface area contributed by atoms with E-state index in [1.165, 1.54) is 0 Å². The number of rotatable bonds is 5. The predicted molar refractivity (Wildman–Crippen MR) is 77.0 cm³/mol. The third-order valence-corrected chi connectivity index (χ3v) is 3.24. The Morgan fingerprint density at radius 3 is 3.15 bits per heavy atom. The number of fused-ring (bicyclic) bond motifs is 1. The van der Waals surface area contributed by atoms with Crippen LogP contribution in [0.1, 0.15) is 12.5 Å². The fourth-order valence-corrected chi connectivity index (χ4v) is 2.16. The van der Waals surface area contributed by atoms with Crippen molar-refractivity contribution in [3.8, 4) is 0 Å². The van der Waals surface area contributed by atoms with Crippen molar-refractivity contribution in [2.45, 2.75) is 26.1 Å². The Bertz CT molecular complexity index is 689. The lowest BCUT2D eigenvalue weighted by Gasteiger charge is -2.13. The second-order valence-electron chi connectivity index (χ2n) is 4.91. The van der Waals surface area contributed by atoms with Crippen LogP contribution >= 0.6 is 0 Å². The molecular weight excluding hydrogens is 254 g/mol. The van der Waals surface area contributed by atoms with Crippen LogP contribution in [0, 0.1) is 0 Å². The van der Waals surface area contributed by atoms with Crippen LogP contribution in [-0.2, 0) is 13.1 Å². The smallest absolute Gasteiger partial charge is 0.174 e. The highest BCUT2D eigenvalue weighted by Gasteiger charge is 2.07. The lowest BCUT2D eigenvalue weighted by molar-refractivity contribution is 0.450. The van der Waals surface area contributed by atoms with Gasteiger partial charge >= 0.3 is 0 Å². The first-order valence-electron chi connectivity index (χ1n) is 6.57. The van der Waals surface area contributed by atoms with E-state index in [0.29, 0.717) is 11.9 Å². The van der Waals surface area contributed by atoms with E-state index in [-0.39, 0.29) is 0 Å². The van der Waals surface area contributed by atoms with Crippen molar-refractivity contribution in [1.29, 1.82) is 0 Å². The molecule has 0 radical (unpaired) electrons. The predicted octanol–water partition coefficient (Wildman–Crippen LogP) is 1.78. The molecule has 2 aromatic heterocycles. The lowest BCUT2D eigenvalue weighted by Crippen LogP contribution is -2.30. The van der Waals surface area contributed by atoms with E-state index in [2.05, 4.69) is 22.5 Å². The molecule has 104 valence electrons. The van der Waals surface area contributed by atoms with Gasteiger partial charge in [0.1, 0.15) is 0 Å². The average molecular weight is 271 g/mol. The van der Waals surface area contributed by atoms with E-state index in [1.54, 1.807) is 6.20 Å². The van der Waals surface area contributed by atoms with Gasteiger partial charge in [0.2, 0.25) is 0 Å². The normalized spacial score (nSPS) is 12.8. The molecule has 0 aliphatic rings. The number of aromatic nitrogens is 3. The van der Waals surface area contributed by atoms with Crippen molar-refractivity contribution in [3.63, 3.8) is 0 Å². The fraction of sp³-hybridized carbons (Fsp3) is 0.286. The third kappa shape index (κ3) is 2.65. The molecule has 0 aliphatic carbocycles. The molecule has 1 aromatic carbocycles. The van der Waals surface area contributed by atoms with Gasteiger partial charge in [0.15, 0.2) is 11.4 Å². The summed E-state index contributed by atoms with van der Waals surface area (Å²) in [7, 11) is 0. The molecule has 0 spiro atoms. The molecule has 6 heteroatoms. The zero-order chi connectivity index (χ0) is 13.9. The summed E-state index contributed by atoms with van der Waals surface area (Å²) in [5.41, 5.74) is 7.63. The molecule has 3 N–H and O–H groups in total. The summed E-state index contributed by atoms with van der Waals surface area (Å²) in [6.45, 7) is 3.74. The summed E-state index contributed by atoms with van der Waals surface area (Å²) in [4.78, 5) is 0. The lowest BCUT2D eigenvalue weighted by atomic mass is 10.1. The zero-order valence-corrected chi connectivity index (χ0v) is 11.3. The van der Waals surface area contributed by atoms with Crippen molar-refractivity contribution in [3.05, 3.63) is 42.2 Å². The average Bonchev–Trinajstić information content (AvgIpc) is 3.07. The van der Waals surface area contributed by atoms with Gasteiger partial charge in [-0.25, -0.2) is 0 Å². The van der Waals surface area contributed by atoms with Gasteiger partial charge in [0, 0.05) is 25.0 Å². The van der Waals surface area contributed by atoms with Gasteiger partial charge < -0.3 is 15.6 Å². The van der Waals surface area contributed by atoms with E-state index in [4.69, 9.17) is 10.3 Å². The number of hydrogen-bond donors (Lipinski definition) is 2. The number of nitrogens with two attached hydrogens (primary N) is 1. The maximum absolute atomic E-state index is 5.75. The molecule has 1 atom stereocenters. The summed E-state index contributed by atoms with van der Waals surface area (Å²) in [6.07, 6.45) is 3.75. The van der Waals surface area contributed by atoms with E-state index in [9.17, 15) is 0 Å². The van der Waals surface area contributed by atoms with Gasteiger partial charge in [-0.15, -0.1) is 0 Å². The van der Waals surface area contributed by atoms with E-state index >= 15 is 0 Å². The molecule has 3 rings (SSSR count). The molecule has 1 unspecified atom stereocenters. The number of nitrogens with zero attached hydrogens (tertiary/aromatic N) is 3. The van der Waals surface area contributed by atoms with Crippen LogP contribution in [0.2, 0.25) is 0 Å². The molecule has 0 saturated heterocycles. The number of benzene rings is 1. The molecular formula is C14H17N5O. The van der Waals surface area contributed by atoms with Crippen molar-refractivity contribution in [2.24, 2.45) is 0 Å². The SMILES string of the molecule is CC(Cn1cccn1)NCc1ccc2onc(N)c2c1. The van der Waals surface area contributed by atoms with Crippen molar-refractivity contribution in [2.75, 3.05) is 5.73 Å². The van der Waals surface area contributed by atoms with Gasteiger partial charge in [0.05, 0.1) is 11.9 Å². The first kappa shape index (κ1) is 12.7. The van der Waals surface area contributed by atoms with E-state index in [0.717, 1.165) is 29.6 Å². The topological polar surface area (TPSA) is 81.9 Å². The summed E-state index contributed by atoms with van der Waals surface area (Å²) in [5.74, 6) is 0.437. The number of anilines is 1. The second kappa shape index (κ2) is 5.34. The van der Waals surface area contributed by atoms with Crippen LogP contribution in [0.15, 0.2) is 41.2 Å². The second-order valence-corrected chi connectivity index (χ2v) is 4.91. The number of nitrogens with one attached hydrogen (secondary N) is 1. The van der Waals surface area contributed by atoms with Crippen LogP contribution in [-0.4, -0.2) is 21.0 Å². The molecule has 6 nitrogen and oxygen atoms in total. The Labute approximate surface area is 116 Å². The highest BCUT2D eigenvalue weighted by molar-refractivity contribution is 5.87. The zero-order valence-electron chi connectivity index (χ0n) is 11.3. The highest BCUT2D eigenvalue weighted by atomic mass is 16.5. The van der Waals surface area contributed by atoms with Crippen LogP contribution in [0.25, 0.3) is 11.0 Å². The van der Waals surface area contributed by atoms with Crippen molar-refractivity contribution < 1.29 is 4.52 Å².